The minimum atomic E-state index is -1.28. The maximum atomic E-state index is 13.9. The molecule has 2 saturated heterocycles. The second kappa shape index (κ2) is 20.7. The lowest BCUT2D eigenvalue weighted by molar-refractivity contribution is -0.645. The third-order valence-electron chi connectivity index (χ3n) is 14.0. The molecule has 68 heavy (non-hydrogen) atoms. The number of halogens is 1. The molecule has 0 aromatic heterocycles. The number of alkyl carbamates (subject to hydrolysis) is 1. The molecule has 2 aliphatic heterocycles. The molecule has 8 rings (SSSR count). The first kappa shape index (κ1) is 50.4. The summed E-state index contributed by atoms with van der Waals surface area (Å²) in [6, 6.07) is 7.58. The molecule has 18 nitrogen and oxygen atoms in total. The van der Waals surface area contributed by atoms with Crippen molar-refractivity contribution in [2.45, 2.75) is 134 Å². The summed E-state index contributed by atoms with van der Waals surface area (Å²) in [5.74, 6) is -2.22. The number of nitrogens with zero attached hydrogens (tertiary/aromatic N) is 2. The number of hydrogen-bond donors (Lipinski definition) is 6. The summed E-state index contributed by atoms with van der Waals surface area (Å²) in [6.45, 7) is 9.30. The lowest BCUT2D eigenvalue weighted by Crippen LogP contribution is -2.76. The third kappa shape index (κ3) is 10.6. The number of nitrogens with two attached hydrogens (primary N) is 2. The van der Waals surface area contributed by atoms with Crippen molar-refractivity contribution in [1.29, 1.82) is 0 Å². The molecule has 2 heterocycles. The van der Waals surface area contributed by atoms with Crippen LogP contribution < -0.4 is 32.2 Å². The number of guanidine groups is 1. The summed E-state index contributed by atoms with van der Waals surface area (Å²) in [5.41, 5.74) is 11.7. The fourth-order valence-electron chi connectivity index (χ4n) is 11.1. The van der Waals surface area contributed by atoms with E-state index >= 15 is 0 Å². The molecular formula is C49H66ClN7O11. The van der Waals surface area contributed by atoms with Gasteiger partial charge in [-0.2, -0.15) is 4.89 Å². The highest BCUT2D eigenvalue weighted by molar-refractivity contribution is 6.33. The monoisotopic (exact) mass is 963 g/mol. The Morgan fingerprint density at radius 3 is 2.24 bits per heavy atom. The summed E-state index contributed by atoms with van der Waals surface area (Å²) in [5, 5.41) is 18.1. The van der Waals surface area contributed by atoms with Crippen molar-refractivity contribution >= 4 is 59.1 Å². The Hall–Kier alpha value is -5.43. The molecule has 4 saturated carbocycles. The number of carbonyl (C=O) groups excluding carboxylic acids is 4. The number of ether oxygens (including phenoxy) is 3. The Labute approximate surface area is 402 Å². The Morgan fingerprint density at radius 2 is 1.66 bits per heavy atom. The maximum Gasteiger partial charge on any atom is 0.408 e. The molecule has 6 aliphatic rings. The maximum absolute atomic E-state index is 13.9. The predicted octanol–water partition coefficient (Wildman–Crippen LogP) is 5.99. The van der Waals surface area contributed by atoms with Crippen molar-refractivity contribution < 1.29 is 53.1 Å². The molecule has 0 radical (unpaired) electrons. The number of rotatable bonds is 18. The van der Waals surface area contributed by atoms with Crippen molar-refractivity contribution in [2.24, 2.45) is 46.0 Å². The summed E-state index contributed by atoms with van der Waals surface area (Å²) < 4.78 is 18.1. The van der Waals surface area contributed by atoms with Gasteiger partial charge in [0.1, 0.15) is 36.1 Å². The minimum absolute atomic E-state index is 0.0213. The van der Waals surface area contributed by atoms with Gasteiger partial charge in [-0.05, 0) is 132 Å². The van der Waals surface area contributed by atoms with E-state index in [1.165, 1.54) is 17.4 Å². The Balaban J connectivity index is 1.04. The highest BCUT2D eigenvalue weighted by Crippen LogP contribution is 2.70. The quantitative estimate of drug-likeness (QED) is 0.0331. The van der Waals surface area contributed by atoms with Gasteiger partial charge in [-0.3, -0.25) is 19.4 Å². The molecule has 4 aliphatic carbocycles. The number of carbonyl (C=O) groups is 5. The third-order valence-corrected chi connectivity index (χ3v) is 14.3. The van der Waals surface area contributed by atoms with Crippen LogP contribution in [0.15, 0.2) is 47.5 Å². The lowest BCUT2D eigenvalue weighted by atomic mass is 9.47. The van der Waals surface area contributed by atoms with Gasteiger partial charge >= 0.3 is 12.1 Å². The van der Waals surface area contributed by atoms with Crippen LogP contribution in [0.2, 0.25) is 5.02 Å². The van der Waals surface area contributed by atoms with E-state index in [2.05, 4.69) is 20.9 Å². The van der Waals surface area contributed by atoms with Gasteiger partial charge in [0.2, 0.25) is 17.7 Å². The number of aliphatic imine (C=N–C) groups is 1. The Morgan fingerprint density at radius 1 is 0.985 bits per heavy atom. The van der Waals surface area contributed by atoms with Gasteiger partial charge in [-0.15, -0.1) is 0 Å². The van der Waals surface area contributed by atoms with Crippen LogP contribution in [0.3, 0.4) is 0 Å². The number of carboxylic acids is 1. The van der Waals surface area contributed by atoms with Crippen LogP contribution in [0.4, 0.5) is 10.5 Å². The number of amides is 4. The first-order valence-corrected chi connectivity index (χ1v) is 24.0. The zero-order valence-corrected chi connectivity index (χ0v) is 40.4. The van der Waals surface area contributed by atoms with Crippen LogP contribution in [0.1, 0.15) is 109 Å². The van der Waals surface area contributed by atoms with Gasteiger partial charge < -0.3 is 51.6 Å². The molecule has 4 atom stereocenters. The number of anilines is 1. The van der Waals surface area contributed by atoms with Crippen LogP contribution in [0, 0.1) is 29.6 Å². The average molecular weight is 965 g/mol. The molecule has 1 unspecified atom stereocenters. The molecule has 6 fully saturated rings. The van der Waals surface area contributed by atoms with Crippen LogP contribution in [-0.2, 0) is 50.8 Å². The number of nitrogens with one attached hydrogen (secondary N) is 3. The molecule has 2 aromatic carbocycles. The SMILES string of the molecule is COC1(c2ccc(/C=C/C(=O)O)c(OCc3ccc(NC(=O)[C@@H](CCCN=C(N)N)NC(=O)[C@H]4CCCN4C(=O)[C@@H](NC(=O)OC(C)(C)C)C(C)C)cc3)c2Cl)OOC12C1CC3CC(C1)CC2C3. The van der Waals surface area contributed by atoms with Crippen molar-refractivity contribution in [2.75, 3.05) is 25.5 Å². The van der Waals surface area contributed by atoms with Gasteiger partial charge in [-0.25, -0.2) is 14.5 Å². The number of methoxy groups -OCH3 is 1. The average Bonchev–Trinajstić information content (AvgIpc) is 3.76. The second-order valence-corrected chi connectivity index (χ2v) is 20.5. The van der Waals surface area contributed by atoms with Crippen molar-refractivity contribution in [1.82, 2.24) is 15.5 Å². The molecule has 4 amide bonds. The molecule has 2 aromatic rings. The molecule has 370 valence electrons. The normalized spacial score (nSPS) is 26.8. The summed E-state index contributed by atoms with van der Waals surface area (Å²) in [4.78, 5) is 83.6. The van der Waals surface area contributed by atoms with Crippen molar-refractivity contribution in [3.8, 4) is 5.75 Å². The molecule has 8 N–H and O–H groups in total. The molecule has 19 heteroatoms. The zero-order chi connectivity index (χ0) is 49.1. The predicted molar refractivity (Wildman–Crippen MR) is 253 cm³/mol. The highest BCUT2D eigenvalue weighted by Gasteiger charge is 2.77. The smallest absolute Gasteiger partial charge is 0.408 e. The number of likely N-dealkylation sites (tertiary alicyclic amines) is 1. The lowest BCUT2D eigenvalue weighted by Gasteiger charge is -2.68. The Bertz CT molecular complexity index is 2250. The summed E-state index contributed by atoms with van der Waals surface area (Å²) in [7, 11) is 1.59. The zero-order valence-electron chi connectivity index (χ0n) is 39.7. The van der Waals surface area contributed by atoms with E-state index in [4.69, 9.17) is 47.1 Å². The van der Waals surface area contributed by atoms with Gasteiger partial charge in [0, 0.05) is 43.1 Å². The first-order valence-electron chi connectivity index (χ1n) is 23.6. The van der Waals surface area contributed by atoms with E-state index in [9.17, 15) is 29.1 Å². The number of aliphatic carboxylic acids is 1. The summed E-state index contributed by atoms with van der Waals surface area (Å²) >= 11 is 7.25. The van der Waals surface area contributed by atoms with Crippen molar-refractivity contribution in [3.05, 3.63) is 64.2 Å². The van der Waals surface area contributed by atoms with E-state index < -0.39 is 64.9 Å². The number of hydrogen-bond acceptors (Lipinski definition) is 11. The Kier molecular flexibility index (Phi) is 15.3. The first-order chi connectivity index (χ1) is 32.2. The minimum Gasteiger partial charge on any atom is -0.487 e. The second-order valence-electron chi connectivity index (χ2n) is 20.1. The van der Waals surface area contributed by atoms with E-state index in [0.717, 1.165) is 31.8 Å². The highest BCUT2D eigenvalue weighted by atomic mass is 35.5. The standard InChI is InChI=1S/C49H66ClN7O11/c1-27(2)40(56-46(63)66-47(3,4)5)44(62)57-20-8-10-37(57)43(61)55-36(9-7-19-53-45(51)52)42(60)54-34-15-11-28(12-16-34)26-65-41-31(14-18-38(58)59)13-17-35(39(41)50)49(64-6)48(67-68-49)32-22-29-21-30(24-32)25-33(48)23-29/h11-18,27,29-30,32-33,36-37,40H,7-10,19-26H2,1-6H3,(H,54,60)(H,55,61)(H,56,63)(H,58,59)(H4,51,52,53)/b18-14+/t29?,30?,32?,33?,36-,37-,40+,48?,49?/m1/s1. The van der Waals surface area contributed by atoms with E-state index in [1.807, 2.05) is 0 Å². The number of carboxylic acid groups (broad SMARTS) is 1. The van der Waals surface area contributed by atoms with E-state index in [-0.39, 0.29) is 54.1 Å². The molecule has 4 bridgehead atoms. The van der Waals surface area contributed by atoms with Crippen molar-refractivity contribution in [3.63, 3.8) is 0 Å². The van der Waals surface area contributed by atoms with Gasteiger partial charge in [-0.1, -0.05) is 49.7 Å². The van der Waals surface area contributed by atoms with E-state index in [1.54, 1.807) is 78.1 Å². The number of benzene rings is 2. The van der Waals surface area contributed by atoms with Crippen LogP contribution >= 0.6 is 11.6 Å². The van der Waals surface area contributed by atoms with Crippen LogP contribution in [0.5, 0.6) is 5.75 Å². The van der Waals surface area contributed by atoms with Gasteiger partial charge in [0.05, 0.1) is 5.02 Å². The van der Waals surface area contributed by atoms with Crippen LogP contribution in [0.25, 0.3) is 6.08 Å². The molecule has 1 spiro atoms. The van der Waals surface area contributed by atoms with Gasteiger partial charge in [0.15, 0.2) is 11.6 Å². The van der Waals surface area contributed by atoms with E-state index in [0.29, 0.717) is 60.0 Å². The fourth-order valence-corrected chi connectivity index (χ4v) is 11.5. The summed E-state index contributed by atoms with van der Waals surface area (Å²) in [6.07, 6.45) is 8.54. The van der Waals surface area contributed by atoms with Gasteiger partial charge in [0.25, 0.3) is 5.79 Å². The topological polar surface area (TPSA) is 255 Å². The largest absolute Gasteiger partial charge is 0.487 e. The molecular weight excluding hydrogens is 898 g/mol. The fraction of sp³-hybridized carbons (Fsp3) is 0.592. The van der Waals surface area contributed by atoms with Crippen LogP contribution in [-0.4, -0.2) is 95.3 Å².